The zero-order valence-corrected chi connectivity index (χ0v) is 17.7. The molecule has 0 bridgehead atoms. The topological polar surface area (TPSA) is 116 Å². The van der Waals surface area contributed by atoms with Crippen LogP contribution in [0.1, 0.15) is 48.2 Å². The molecule has 1 amide bonds. The minimum Gasteiger partial charge on any atom is -0.461 e. The highest BCUT2D eigenvalue weighted by molar-refractivity contribution is 6.31. The van der Waals surface area contributed by atoms with Crippen LogP contribution >= 0.6 is 11.6 Å². The molecule has 3 aromatic rings. The van der Waals surface area contributed by atoms with Crippen LogP contribution in [0, 0.1) is 13.8 Å². The van der Waals surface area contributed by atoms with E-state index in [0.29, 0.717) is 17.1 Å². The van der Waals surface area contributed by atoms with Gasteiger partial charge in [-0.3, -0.25) is 14.2 Å². The highest BCUT2D eigenvalue weighted by atomic mass is 35.5. The summed E-state index contributed by atoms with van der Waals surface area (Å²) in [7, 11) is 0. The number of anilines is 1. The zero-order valence-electron chi connectivity index (χ0n) is 17.0. The third-order valence-corrected chi connectivity index (χ3v) is 5.04. The average molecular weight is 433 g/mol. The number of fused-ring (bicyclic) bond motifs is 1. The van der Waals surface area contributed by atoms with Gasteiger partial charge >= 0.3 is 5.97 Å². The Bertz CT molecular complexity index is 1180. The van der Waals surface area contributed by atoms with E-state index in [1.807, 2.05) is 6.92 Å². The molecule has 2 aromatic heterocycles. The summed E-state index contributed by atoms with van der Waals surface area (Å²) in [5.41, 5.74) is 0.426. The fourth-order valence-corrected chi connectivity index (χ4v) is 3.29. The Morgan fingerprint density at radius 2 is 2.03 bits per heavy atom. The molecule has 10 heteroatoms. The van der Waals surface area contributed by atoms with E-state index in [-0.39, 0.29) is 29.2 Å². The monoisotopic (exact) mass is 432 g/mol. The van der Waals surface area contributed by atoms with E-state index in [4.69, 9.17) is 20.9 Å². The molecule has 1 N–H and O–H groups in total. The molecule has 0 radical (unpaired) electrons. The number of rotatable bonds is 6. The molecule has 0 unspecified atom stereocenters. The molecule has 0 aliphatic carbocycles. The van der Waals surface area contributed by atoms with Crippen molar-refractivity contribution in [2.24, 2.45) is 0 Å². The lowest BCUT2D eigenvalue weighted by Gasteiger charge is -2.20. The molecule has 158 valence electrons. The first kappa shape index (κ1) is 21.5. The van der Waals surface area contributed by atoms with Gasteiger partial charge in [-0.15, -0.1) is 0 Å². The van der Waals surface area contributed by atoms with Gasteiger partial charge in [0.05, 0.1) is 6.61 Å². The SMILES string of the molecule is CCOC(=O)c1noc2nc(C)n([C@H](CC)C(=O)Nc3ccc(C)c(Cl)c3)c(=O)c12. The Labute approximate surface area is 177 Å². The van der Waals surface area contributed by atoms with Crippen molar-refractivity contribution in [3.8, 4) is 0 Å². The van der Waals surface area contributed by atoms with Crippen molar-refractivity contribution in [3.63, 3.8) is 0 Å². The van der Waals surface area contributed by atoms with E-state index in [2.05, 4.69) is 15.5 Å². The molecule has 0 saturated heterocycles. The third kappa shape index (κ3) is 3.93. The molecule has 0 saturated carbocycles. The molecule has 0 spiro atoms. The number of ether oxygens (including phenoxy) is 1. The van der Waals surface area contributed by atoms with Crippen molar-refractivity contribution in [1.82, 2.24) is 14.7 Å². The Kier molecular flexibility index (Phi) is 6.21. The maximum absolute atomic E-state index is 13.2. The molecule has 1 aromatic carbocycles. The number of hydrogen-bond donors (Lipinski definition) is 1. The Hall–Kier alpha value is -3.20. The average Bonchev–Trinajstić information content (AvgIpc) is 3.12. The second-order valence-corrected chi connectivity index (χ2v) is 7.05. The van der Waals surface area contributed by atoms with Crippen molar-refractivity contribution < 1.29 is 18.8 Å². The van der Waals surface area contributed by atoms with Gasteiger partial charge in [-0.25, -0.2) is 4.79 Å². The first-order chi connectivity index (χ1) is 14.3. The summed E-state index contributed by atoms with van der Waals surface area (Å²) < 4.78 is 11.2. The minimum atomic E-state index is -0.876. The lowest BCUT2D eigenvalue weighted by atomic mass is 10.1. The van der Waals surface area contributed by atoms with Gasteiger partial charge in [-0.05, 0) is 44.9 Å². The number of carbonyl (C=O) groups is 2. The molecule has 9 nitrogen and oxygen atoms in total. The van der Waals surface area contributed by atoms with Gasteiger partial charge in [0.25, 0.3) is 11.3 Å². The van der Waals surface area contributed by atoms with Crippen LogP contribution in [0.25, 0.3) is 11.1 Å². The smallest absolute Gasteiger partial charge is 0.361 e. The molecule has 0 aliphatic rings. The molecule has 0 aliphatic heterocycles. The van der Waals surface area contributed by atoms with E-state index in [0.717, 1.165) is 5.56 Å². The second-order valence-electron chi connectivity index (χ2n) is 6.64. The number of benzene rings is 1. The van der Waals surface area contributed by atoms with Gasteiger partial charge in [0, 0.05) is 10.7 Å². The van der Waals surface area contributed by atoms with Crippen LogP contribution in [0.5, 0.6) is 0 Å². The van der Waals surface area contributed by atoms with Gasteiger partial charge < -0.3 is 14.6 Å². The van der Waals surface area contributed by atoms with Crippen molar-refractivity contribution in [3.05, 3.63) is 50.7 Å². The van der Waals surface area contributed by atoms with Crippen LogP contribution in [-0.4, -0.2) is 33.2 Å². The lowest BCUT2D eigenvalue weighted by molar-refractivity contribution is -0.119. The van der Waals surface area contributed by atoms with E-state index in [9.17, 15) is 14.4 Å². The number of nitrogens with zero attached hydrogens (tertiary/aromatic N) is 3. The van der Waals surface area contributed by atoms with Crippen molar-refractivity contribution in [2.45, 2.75) is 40.2 Å². The summed E-state index contributed by atoms with van der Waals surface area (Å²) in [6, 6.07) is 4.27. The number of hydrogen-bond acceptors (Lipinski definition) is 7. The van der Waals surface area contributed by atoms with Crippen LogP contribution in [0.2, 0.25) is 5.02 Å². The summed E-state index contributed by atoms with van der Waals surface area (Å²) in [5, 5.41) is 6.80. The van der Waals surface area contributed by atoms with Crippen molar-refractivity contribution in [2.75, 3.05) is 11.9 Å². The molecule has 30 heavy (non-hydrogen) atoms. The first-order valence-corrected chi connectivity index (χ1v) is 9.78. The van der Waals surface area contributed by atoms with E-state index < -0.39 is 23.5 Å². The fourth-order valence-electron chi connectivity index (χ4n) is 3.11. The van der Waals surface area contributed by atoms with Gasteiger partial charge in [-0.2, -0.15) is 4.98 Å². The molecule has 1 atom stereocenters. The van der Waals surface area contributed by atoms with Crippen molar-refractivity contribution >= 4 is 40.3 Å². The number of aryl methyl sites for hydroxylation is 2. The maximum Gasteiger partial charge on any atom is 0.361 e. The second kappa shape index (κ2) is 8.66. The van der Waals surface area contributed by atoms with Gasteiger partial charge in [-0.1, -0.05) is 29.7 Å². The van der Waals surface area contributed by atoms with E-state index in [1.54, 1.807) is 39.0 Å². The Morgan fingerprint density at radius 1 is 1.30 bits per heavy atom. The summed E-state index contributed by atoms with van der Waals surface area (Å²) in [4.78, 5) is 42.5. The zero-order chi connectivity index (χ0) is 22.0. The fraction of sp³-hybridized carbons (Fsp3) is 0.350. The normalized spacial score (nSPS) is 12.0. The van der Waals surface area contributed by atoms with Crippen LogP contribution < -0.4 is 10.9 Å². The number of nitrogens with one attached hydrogen (secondary N) is 1. The predicted molar refractivity (Wildman–Crippen MR) is 111 cm³/mol. The van der Waals surface area contributed by atoms with Gasteiger partial charge in [0.1, 0.15) is 17.3 Å². The molecule has 0 fully saturated rings. The van der Waals surface area contributed by atoms with Gasteiger partial charge in [0.2, 0.25) is 11.6 Å². The quantitative estimate of drug-likeness (QED) is 0.593. The number of esters is 1. The predicted octanol–water partition coefficient (Wildman–Crippen LogP) is 3.42. The van der Waals surface area contributed by atoms with Crippen LogP contribution in [0.15, 0.2) is 27.5 Å². The largest absolute Gasteiger partial charge is 0.461 e. The molecule has 3 rings (SSSR count). The number of aromatic nitrogens is 3. The highest BCUT2D eigenvalue weighted by Gasteiger charge is 2.28. The number of halogens is 1. The van der Waals surface area contributed by atoms with Crippen molar-refractivity contribution in [1.29, 1.82) is 0 Å². The number of carbonyl (C=O) groups excluding carboxylic acids is 2. The molecule has 2 heterocycles. The first-order valence-electron chi connectivity index (χ1n) is 9.41. The van der Waals surface area contributed by atoms with E-state index >= 15 is 0 Å². The van der Waals surface area contributed by atoms with E-state index in [1.165, 1.54) is 4.57 Å². The third-order valence-electron chi connectivity index (χ3n) is 4.63. The number of amides is 1. The van der Waals surface area contributed by atoms with Gasteiger partial charge in [0.15, 0.2) is 0 Å². The van der Waals surface area contributed by atoms with Crippen LogP contribution in [0.3, 0.4) is 0 Å². The maximum atomic E-state index is 13.2. The molecular weight excluding hydrogens is 412 g/mol. The minimum absolute atomic E-state index is 0.0858. The Balaban J connectivity index is 2.05. The van der Waals surface area contributed by atoms with Crippen LogP contribution in [0.4, 0.5) is 5.69 Å². The summed E-state index contributed by atoms with van der Waals surface area (Å²) in [6.07, 6.45) is 0.305. The highest BCUT2D eigenvalue weighted by Crippen LogP contribution is 2.23. The molecular formula is C20H21ClN4O5. The lowest BCUT2D eigenvalue weighted by Crippen LogP contribution is -2.35. The summed E-state index contributed by atoms with van der Waals surface area (Å²) in [6.45, 7) is 6.94. The Morgan fingerprint density at radius 3 is 2.67 bits per heavy atom. The summed E-state index contributed by atoms with van der Waals surface area (Å²) >= 11 is 6.13. The standard InChI is InChI=1S/C20H21ClN4O5/c1-5-14(17(26)23-12-8-7-10(3)13(21)9-12)25-11(4)22-18-15(19(25)27)16(24-30-18)20(28)29-6-2/h7-9,14H,5-6H2,1-4H3,(H,23,26)/t14-/m1/s1. The van der Waals surface area contributed by atoms with Crippen LogP contribution in [-0.2, 0) is 9.53 Å². The summed E-state index contributed by atoms with van der Waals surface area (Å²) in [5.74, 6) is -0.960.